The molecule has 6 heteroatoms. The number of benzene rings is 1. The third kappa shape index (κ3) is 2.76. The fourth-order valence-corrected chi connectivity index (χ4v) is 2.06. The molecule has 0 atom stereocenters. The van der Waals surface area contributed by atoms with E-state index in [-0.39, 0.29) is 0 Å². The smallest absolute Gasteiger partial charge is 0.170 e. The van der Waals surface area contributed by atoms with Gasteiger partial charge in [-0.2, -0.15) is 4.68 Å². The highest BCUT2D eigenvalue weighted by Crippen LogP contribution is 2.22. The third-order valence-electron chi connectivity index (χ3n) is 2.71. The Labute approximate surface area is 115 Å². The normalized spacial score (nSPS) is 10.8. The number of nitrogens with zero attached hydrogens (tertiary/aromatic N) is 4. The van der Waals surface area contributed by atoms with Crippen LogP contribution in [0.5, 0.6) is 0 Å². The lowest BCUT2D eigenvalue weighted by atomic mass is 10.2. The van der Waals surface area contributed by atoms with E-state index in [1.807, 2.05) is 25.1 Å². The topological polar surface area (TPSA) is 55.6 Å². The molecule has 0 aliphatic heterocycles. The molecule has 1 aromatic heterocycles. The zero-order valence-corrected chi connectivity index (χ0v) is 12.1. The lowest BCUT2D eigenvalue weighted by molar-refractivity contribution is 0.632. The predicted octanol–water partition coefficient (Wildman–Crippen LogP) is 2.23. The van der Waals surface area contributed by atoms with E-state index in [0.29, 0.717) is 6.54 Å². The molecule has 2 aromatic rings. The highest BCUT2D eigenvalue weighted by molar-refractivity contribution is 9.10. The van der Waals surface area contributed by atoms with Crippen LogP contribution in [-0.2, 0) is 6.54 Å². The van der Waals surface area contributed by atoms with Crippen LogP contribution in [0.2, 0.25) is 0 Å². The standard InChI is InChI=1S/C12H16BrN5/c1-3-7-14-8-12-15-16-17-18(12)11-6-4-5-10(13)9(11)2/h4-6,14H,3,7-8H2,1-2H3. The number of hydrogen-bond acceptors (Lipinski definition) is 4. The highest BCUT2D eigenvalue weighted by Gasteiger charge is 2.11. The van der Waals surface area contributed by atoms with Gasteiger partial charge in [0.1, 0.15) is 0 Å². The summed E-state index contributed by atoms with van der Waals surface area (Å²) in [6, 6.07) is 6.01. The molecule has 18 heavy (non-hydrogen) atoms. The van der Waals surface area contributed by atoms with E-state index in [1.165, 1.54) is 0 Å². The Balaban J connectivity index is 2.28. The van der Waals surface area contributed by atoms with Crippen LogP contribution in [0.3, 0.4) is 0 Å². The first-order chi connectivity index (χ1) is 8.74. The van der Waals surface area contributed by atoms with E-state index in [2.05, 4.69) is 43.7 Å². The summed E-state index contributed by atoms with van der Waals surface area (Å²) in [5.74, 6) is 0.824. The molecule has 0 amide bonds. The molecule has 0 spiro atoms. The van der Waals surface area contributed by atoms with Gasteiger partial charge < -0.3 is 5.32 Å². The zero-order valence-electron chi connectivity index (χ0n) is 10.5. The summed E-state index contributed by atoms with van der Waals surface area (Å²) in [6.07, 6.45) is 1.09. The van der Waals surface area contributed by atoms with Crippen molar-refractivity contribution < 1.29 is 0 Å². The molecular formula is C12H16BrN5. The van der Waals surface area contributed by atoms with E-state index < -0.39 is 0 Å². The Bertz CT molecular complexity index is 523. The van der Waals surface area contributed by atoms with Gasteiger partial charge in [0.2, 0.25) is 0 Å². The first-order valence-electron chi connectivity index (χ1n) is 5.97. The number of halogens is 1. The largest absolute Gasteiger partial charge is 0.310 e. The van der Waals surface area contributed by atoms with Gasteiger partial charge in [-0.25, -0.2) is 0 Å². The lowest BCUT2D eigenvalue weighted by Crippen LogP contribution is -2.18. The number of aromatic nitrogens is 4. The molecule has 0 bridgehead atoms. The minimum atomic E-state index is 0.673. The SMILES string of the molecule is CCCNCc1nnnn1-c1cccc(Br)c1C. The first-order valence-corrected chi connectivity index (χ1v) is 6.76. The summed E-state index contributed by atoms with van der Waals surface area (Å²) in [6.45, 7) is 5.82. The van der Waals surface area contributed by atoms with Crippen LogP contribution in [0.1, 0.15) is 24.7 Å². The molecule has 0 aliphatic rings. The van der Waals surface area contributed by atoms with Gasteiger partial charge in [0.15, 0.2) is 5.82 Å². The Kier molecular flexibility index (Phi) is 4.43. The maximum atomic E-state index is 4.06. The van der Waals surface area contributed by atoms with E-state index >= 15 is 0 Å². The Morgan fingerprint density at radius 1 is 1.39 bits per heavy atom. The molecule has 96 valence electrons. The maximum Gasteiger partial charge on any atom is 0.170 e. The van der Waals surface area contributed by atoms with E-state index in [1.54, 1.807) is 4.68 Å². The molecule has 0 saturated carbocycles. The van der Waals surface area contributed by atoms with Gasteiger partial charge in [-0.05, 0) is 48.0 Å². The van der Waals surface area contributed by atoms with E-state index in [0.717, 1.165) is 34.5 Å². The monoisotopic (exact) mass is 309 g/mol. The number of rotatable bonds is 5. The van der Waals surface area contributed by atoms with Crippen LogP contribution < -0.4 is 5.32 Å². The average molecular weight is 310 g/mol. The number of tetrazole rings is 1. The summed E-state index contributed by atoms with van der Waals surface area (Å²) in [7, 11) is 0. The number of hydrogen-bond donors (Lipinski definition) is 1. The van der Waals surface area contributed by atoms with Crippen LogP contribution in [0, 0.1) is 6.92 Å². The second kappa shape index (κ2) is 6.06. The van der Waals surface area contributed by atoms with E-state index in [4.69, 9.17) is 0 Å². The van der Waals surface area contributed by atoms with Crippen LogP contribution >= 0.6 is 15.9 Å². The Hall–Kier alpha value is -1.27. The summed E-state index contributed by atoms with van der Waals surface area (Å²) in [5.41, 5.74) is 2.13. The summed E-state index contributed by atoms with van der Waals surface area (Å²) in [5, 5.41) is 15.2. The molecule has 5 nitrogen and oxygen atoms in total. The third-order valence-corrected chi connectivity index (χ3v) is 3.57. The average Bonchev–Trinajstić information content (AvgIpc) is 2.81. The molecule has 1 heterocycles. The zero-order chi connectivity index (χ0) is 13.0. The van der Waals surface area contributed by atoms with Gasteiger partial charge in [-0.15, -0.1) is 5.10 Å². The molecular weight excluding hydrogens is 294 g/mol. The van der Waals surface area contributed by atoms with Crippen LogP contribution in [0.4, 0.5) is 0 Å². The molecule has 2 rings (SSSR count). The van der Waals surface area contributed by atoms with Crippen LogP contribution in [-0.4, -0.2) is 26.8 Å². The molecule has 1 aromatic carbocycles. The molecule has 0 saturated heterocycles. The van der Waals surface area contributed by atoms with Gasteiger partial charge >= 0.3 is 0 Å². The predicted molar refractivity (Wildman–Crippen MR) is 73.6 cm³/mol. The van der Waals surface area contributed by atoms with Crippen molar-refractivity contribution >= 4 is 15.9 Å². The highest BCUT2D eigenvalue weighted by atomic mass is 79.9. The van der Waals surface area contributed by atoms with Crippen molar-refractivity contribution in [2.75, 3.05) is 6.54 Å². The van der Waals surface area contributed by atoms with Crippen LogP contribution in [0.25, 0.3) is 5.69 Å². The molecule has 1 N–H and O–H groups in total. The number of nitrogens with one attached hydrogen (secondary N) is 1. The van der Waals surface area contributed by atoms with Crippen molar-refractivity contribution in [1.82, 2.24) is 25.5 Å². The van der Waals surface area contributed by atoms with Crippen molar-refractivity contribution in [3.63, 3.8) is 0 Å². The van der Waals surface area contributed by atoms with Crippen molar-refractivity contribution in [3.8, 4) is 5.69 Å². The van der Waals surface area contributed by atoms with Crippen molar-refractivity contribution in [2.24, 2.45) is 0 Å². The summed E-state index contributed by atoms with van der Waals surface area (Å²) in [4.78, 5) is 0. The van der Waals surface area contributed by atoms with Crippen molar-refractivity contribution in [2.45, 2.75) is 26.8 Å². The Morgan fingerprint density at radius 2 is 2.22 bits per heavy atom. The van der Waals surface area contributed by atoms with Crippen molar-refractivity contribution in [3.05, 3.63) is 34.1 Å². The van der Waals surface area contributed by atoms with E-state index in [9.17, 15) is 0 Å². The van der Waals surface area contributed by atoms with Gasteiger partial charge in [0.05, 0.1) is 12.2 Å². The fraction of sp³-hybridized carbons (Fsp3) is 0.417. The van der Waals surface area contributed by atoms with Crippen molar-refractivity contribution in [1.29, 1.82) is 0 Å². The van der Waals surface area contributed by atoms with Gasteiger partial charge in [-0.3, -0.25) is 0 Å². The molecule has 0 fully saturated rings. The van der Waals surface area contributed by atoms with Gasteiger partial charge in [0.25, 0.3) is 0 Å². The minimum absolute atomic E-state index is 0.673. The lowest BCUT2D eigenvalue weighted by Gasteiger charge is -2.09. The van der Waals surface area contributed by atoms with Crippen LogP contribution in [0.15, 0.2) is 22.7 Å². The summed E-state index contributed by atoms with van der Waals surface area (Å²) >= 11 is 3.52. The second-order valence-electron chi connectivity index (χ2n) is 4.07. The fourth-order valence-electron chi connectivity index (χ4n) is 1.71. The second-order valence-corrected chi connectivity index (χ2v) is 4.92. The molecule has 0 aliphatic carbocycles. The van der Waals surface area contributed by atoms with Gasteiger partial charge in [0, 0.05) is 4.47 Å². The minimum Gasteiger partial charge on any atom is -0.310 e. The Morgan fingerprint density at radius 3 is 3.00 bits per heavy atom. The first kappa shape index (κ1) is 13.2. The quantitative estimate of drug-likeness (QED) is 0.861. The van der Waals surface area contributed by atoms with Gasteiger partial charge in [-0.1, -0.05) is 28.9 Å². The molecule has 0 radical (unpaired) electrons. The summed E-state index contributed by atoms with van der Waals surface area (Å²) < 4.78 is 2.84. The maximum absolute atomic E-state index is 4.06. The molecule has 0 unspecified atom stereocenters.